The van der Waals surface area contributed by atoms with Gasteiger partial charge in [0, 0.05) is 18.0 Å². The monoisotopic (exact) mass is 613 g/mol. The number of amides is 4. The van der Waals surface area contributed by atoms with Crippen molar-refractivity contribution in [3.05, 3.63) is 0 Å². The lowest BCUT2D eigenvalue weighted by molar-refractivity contribution is -0.144. The average molecular weight is 614 g/mol. The molecule has 2 aliphatic heterocycles. The molecule has 4 amide bonds. The van der Waals surface area contributed by atoms with E-state index in [-0.39, 0.29) is 52.0 Å². The van der Waals surface area contributed by atoms with Crippen molar-refractivity contribution >= 4 is 23.6 Å². The summed E-state index contributed by atoms with van der Waals surface area (Å²) < 4.78 is 0. The van der Waals surface area contributed by atoms with E-state index in [1.807, 2.05) is 20.8 Å². The first-order chi connectivity index (χ1) is 20.6. The molecule has 9 heteroatoms. The molecule has 5 atom stereocenters. The van der Waals surface area contributed by atoms with Gasteiger partial charge in [-0.15, -0.1) is 0 Å². The van der Waals surface area contributed by atoms with Crippen LogP contribution in [0.15, 0.2) is 0 Å². The van der Waals surface area contributed by atoms with Crippen molar-refractivity contribution in [1.82, 2.24) is 20.4 Å². The fourth-order valence-corrected chi connectivity index (χ4v) is 10.1. The number of hydrogen-bond donors (Lipinski definition) is 3. The highest BCUT2D eigenvalue weighted by Gasteiger charge is 2.85. The number of primary amides is 1. The zero-order valence-electron chi connectivity index (χ0n) is 28.5. The lowest BCUT2D eigenvalue weighted by Gasteiger charge is -2.40. The number of carbonyl (C=O) groups excluding carboxylic acids is 4. The summed E-state index contributed by atoms with van der Waals surface area (Å²) in [5.74, 6) is -1.06. The third kappa shape index (κ3) is 5.37. The molecule has 4 N–H and O–H groups in total. The molecule has 2 spiro atoms. The van der Waals surface area contributed by atoms with Gasteiger partial charge >= 0.3 is 0 Å². The van der Waals surface area contributed by atoms with Gasteiger partial charge in [-0.2, -0.15) is 0 Å². The Morgan fingerprint density at radius 1 is 0.841 bits per heavy atom. The minimum Gasteiger partial charge on any atom is -0.368 e. The van der Waals surface area contributed by atoms with E-state index in [0.29, 0.717) is 13.0 Å². The summed E-state index contributed by atoms with van der Waals surface area (Å²) in [5.41, 5.74) is 5.44. The molecular formula is C35H59N5O4. The standard InChI is InChI=1S/C35H59N5O4/c1-22(2)39-19-12-11-16-24(39)29(42)37-26(23-14-9-8-10-15-23)30(43)38-27(32(3,4)5)31(44)40-21-35(20-25(40)28(36)41)33(6,7)34(35)17-13-18-34/h22-27H,8-21H2,1-7H3,(H2,36,41)(H,37,42)(H,38,43)/t24-,25-,26?,27+,35+/m0/s1. The maximum atomic E-state index is 14.5. The molecule has 0 radical (unpaired) electrons. The van der Waals surface area contributed by atoms with Crippen LogP contribution < -0.4 is 16.4 Å². The van der Waals surface area contributed by atoms with Crippen LogP contribution in [0.1, 0.15) is 126 Å². The van der Waals surface area contributed by atoms with Crippen LogP contribution in [0, 0.1) is 27.6 Å². The smallest absolute Gasteiger partial charge is 0.246 e. The van der Waals surface area contributed by atoms with Crippen LogP contribution in [0.5, 0.6) is 0 Å². The summed E-state index contributed by atoms with van der Waals surface area (Å²) in [4.78, 5) is 59.3. The number of nitrogens with two attached hydrogens (primary N) is 1. The molecule has 248 valence electrons. The van der Waals surface area contributed by atoms with E-state index < -0.39 is 29.4 Å². The fraction of sp³-hybridized carbons (Fsp3) is 0.886. The molecular weight excluding hydrogens is 554 g/mol. The minimum absolute atomic E-state index is 0.0265. The number of piperidine rings is 1. The second-order valence-electron chi connectivity index (χ2n) is 16.8. The number of hydrogen-bond acceptors (Lipinski definition) is 5. The van der Waals surface area contributed by atoms with E-state index in [4.69, 9.17) is 5.73 Å². The molecule has 0 aromatic carbocycles. The first kappa shape index (κ1) is 33.2. The van der Waals surface area contributed by atoms with Gasteiger partial charge in [0.1, 0.15) is 18.1 Å². The van der Waals surface area contributed by atoms with Crippen LogP contribution in [0.4, 0.5) is 0 Å². The van der Waals surface area contributed by atoms with Gasteiger partial charge in [0.25, 0.3) is 0 Å². The van der Waals surface area contributed by atoms with Crippen molar-refractivity contribution in [3.8, 4) is 0 Å². The van der Waals surface area contributed by atoms with Crippen molar-refractivity contribution in [2.45, 2.75) is 156 Å². The number of nitrogens with zero attached hydrogens (tertiary/aromatic N) is 2. The summed E-state index contributed by atoms with van der Waals surface area (Å²) in [5, 5.41) is 6.34. The van der Waals surface area contributed by atoms with Gasteiger partial charge in [0.05, 0.1) is 6.04 Å². The number of rotatable bonds is 8. The Hall–Kier alpha value is -2.16. The van der Waals surface area contributed by atoms with Gasteiger partial charge < -0.3 is 21.3 Å². The van der Waals surface area contributed by atoms with Crippen molar-refractivity contribution < 1.29 is 19.2 Å². The highest BCUT2D eigenvalue weighted by atomic mass is 16.2. The molecule has 2 saturated heterocycles. The predicted octanol–water partition coefficient (Wildman–Crippen LogP) is 4.13. The second kappa shape index (κ2) is 11.9. The molecule has 3 aliphatic carbocycles. The summed E-state index contributed by atoms with van der Waals surface area (Å²) in [6.45, 7) is 16.0. The molecule has 44 heavy (non-hydrogen) atoms. The first-order valence-electron chi connectivity index (χ1n) is 17.5. The van der Waals surface area contributed by atoms with Gasteiger partial charge in [-0.05, 0) is 87.5 Å². The molecule has 5 aliphatic rings. The molecule has 1 unspecified atom stereocenters. The van der Waals surface area contributed by atoms with Gasteiger partial charge in [-0.3, -0.25) is 24.1 Å². The van der Waals surface area contributed by atoms with Crippen LogP contribution in [-0.2, 0) is 19.2 Å². The Labute approximate surface area is 265 Å². The second-order valence-corrected chi connectivity index (χ2v) is 16.8. The molecule has 2 heterocycles. The molecule has 3 saturated carbocycles. The lowest BCUT2D eigenvalue weighted by atomic mass is 9.73. The normalized spacial score (nSPS) is 31.4. The largest absolute Gasteiger partial charge is 0.368 e. The molecule has 0 aromatic heterocycles. The van der Waals surface area contributed by atoms with E-state index in [1.165, 1.54) is 6.42 Å². The van der Waals surface area contributed by atoms with Gasteiger partial charge in [0.15, 0.2) is 0 Å². The van der Waals surface area contributed by atoms with Gasteiger partial charge in [-0.25, -0.2) is 0 Å². The van der Waals surface area contributed by atoms with E-state index in [0.717, 1.165) is 70.8 Å². The van der Waals surface area contributed by atoms with Crippen molar-refractivity contribution in [1.29, 1.82) is 0 Å². The highest BCUT2D eigenvalue weighted by Crippen LogP contribution is 2.88. The summed E-state index contributed by atoms with van der Waals surface area (Å²) in [6, 6.07) is -2.23. The zero-order valence-corrected chi connectivity index (χ0v) is 28.5. The quantitative estimate of drug-likeness (QED) is 0.380. The number of nitrogens with one attached hydrogen (secondary N) is 2. The van der Waals surface area contributed by atoms with E-state index >= 15 is 0 Å². The van der Waals surface area contributed by atoms with Crippen LogP contribution in [0.25, 0.3) is 0 Å². The Balaban J connectivity index is 1.37. The van der Waals surface area contributed by atoms with E-state index in [2.05, 4.69) is 43.2 Å². The molecule has 0 aromatic rings. The Morgan fingerprint density at radius 2 is 1.48 bits per heavy atom. The summed E-state index contributed by atoms with van der Waals surface area (Å²) >= 11 is 0. The Bertz CT molecular complexity index is 1130. The van der Waals surface area contributed by atoms with E-state index in [9.17, 15) is 19.2 Å². The lowest BCUT2D eigenvalue weighted by Crippen LogP contribution is -2.62. The van der Waals surface area contributed by atoms with Crippen LogP contribution in [-0.4, -0.2) is 76.7 Å². The maximum absolute atomic E-state index is 14.5. The van der Waals surface area contributed by atoms with Crippen LogP contribution >= 0.6 is 0 Å². The molecule has 0 bridgehead atoms. The Kier molecular flexibility index (Phi) is 8.97. The number of fused-ring (bicyclic) bond motifs is 1. The SMILES string of the molecule is CC(C)N1CCCC[C@H]1C(=O)NC(C(=O)N[C@H](C(=O)N1C[C@]2(C[C@H]1C(N)=O)C(C)(C)C21CCC1)C(C)(C)C)C1CCCCC1. The van der Waals surface area contributed by atoms with Crippen LogP contribution in [0.2, 0.25) is 0 Å². The van der Waals surface area contributed by atoms with Crippen molar-refractivity contribution in [2.24, 2.45) is 33.3 Å². The van der Waals surface area contributed by atoms with Crippen molar-refractivity contribution in [2.75, 3.05) is 13.1 Å². The van der Waals surface area contributed by atoms with Gasteiger partial charge in [-0.1, -0.05) is 66.7 Å². The third-order valence-corrected chi connectivity index (χ3v) is 13.0. The number of carbonyl (C=O) groups is 4. The summed E-state index contributed by atoms with van der Waals surface area (Å²) in [7, 11) is 0. The zero-order chi connectivity index (χ0) is 32.2. The summed E-state index contributed by atoms with van der Waals surface area (Å²) in [6.07, 6.45) is 11.8. The average Bonchev–Trinajstić information content (AvgIpc) is 3.18. The predicted molar refractivity (Wildman–Crippen MR) is 171 cm³/mol. The maximum Gasteiger partial charge on any atom is 0.246 e. The third-order valence-electron chi connectivity index (χ3n) is 13.0. The van der Waals surface area contributed by atoms with Crippen LogP contribution in [0.3, 0.4) is 0 Å². The van der Waals surface area contributed by atoms with Crippen molar-refractivity contribution in [3.63, 3.8) is 0 Å². The molecule has 5 fully saturated rings. The topological polar surface area (TPSA) is 125 Å². The minimum atomic E-state index is -0.851. The highest BCUT2D eigenvalue weighted by molar-refractivity contribution is 5.95. The molecule has 5 rings (SSSR count). The fourth-order valence-electron chi connectivity index (χ4n) is 10.1. The Morgan fingerprint density at radius 3 is 2.00 bits per heavy atom. The number of likely N-dealkylation sites (tertiary alicyclic amines) is 2. The molecule has 9 nitrogen and oxygen atoms in total. The van der Waals surface area contributed by atoms with E-state index in [1.54, 1.807) is 4.90 Å². The van der Waals surface area contributed by atoms with Gasteiger partial charge in [0.2, 0.25) is 23.6 Å². The first-order valence-corrected chi connectivity index (χ1v) is 17.5.